The van der Waals surface area contributed by atoms with Gasteiger partial charge in [-0.25, -0.2) is 4.99 Å². The number of amidine groups is 1. The molecule has 0 aromatic heterocycles. The van der Waals surface area contributed by atoms with Crippen LogP contribution in [0.1, 0.15) is 25.0 Å². The van der Waals surface area contributed by atoms with Gasteiger partial charge < -0.3 is 10.2 Å². The molecule has 1 N–H and O–H groups in total. The number of nitrogens with one attached hydrogen (secondary N) is 1. The minimum absolute atomic E-state index is 0.881. The van der Waals surface area contributed by atoms with Gasteiger partial charge in [-0.05, 0) is 37.6 Å². The number of hydrogen-bond acceptors (Lipinski definition) is 3. The zero-order valence-corrected chi connectivity index (χ0v) is 11.5. The molecule has 0 radical (unpaired) electrons. The van der Waals surface area contributed by atoms with Gasteiger partial charge in [0.2, 0.25) is 0 Å². The summed E-state index contributed by atoms with van der Waals surface area (Å²) >= 11 is 0. The molecule has 0 aliphatic carbocycles. The van der Waals surface area contributed by atoms with Crippen molar-refractivity contribution in [3.63, 3.8) is 0 Å². The zero-order valence-electron chi connectivity index (χ0n) is 11.5. The molecule has 0 saturated heterocycles. The van der Waals surface area contributed by atoms with Gasteiger partial charge in [0.15, 0.2) is 0 Å². The Morgan fingerprint density at radius 2 is 1.95 bits per heavy atom. The van der Waals surface area contributed by atoms with Crippen LogP contribution in [0.3, 0.4) is 0 Å². The van der Waals surface area contributed by atoms with E-state index in [0.717, 1.165) is 34.2 Å². The molecule has 1 aromatic rings. The minimum Gasteiger partial charge on any atom is -0.344 e. The van der Waals surface area contributed by atoms with Gasteiger partial charge in [-0.2, -0.15) is 0 Å². The van der Waals surface area contributed by atoms with E-state index < -0.39 is 0 Å². The fourth-order valence-electron chi connectivity index (χ4n) is 2.55. The molecule has 0 saturated carbocycles. The van der Waals surface area contributed by atoms with Crippen LogP contribution >= 0.6 is 0 Å². The lowest BCUT2D eigenvalue weighted by Gasteiger charge is -2.30. The number of allylic oxidation sites excluding steroid dienone is 1. The minimum atomic E-state index is 0.881. The van der Waals surface area contributed by atoms with Gasteiger partial charge in [0.05, 0.1) is 5.69 Å². The van der Waals surface area contributed by atoms with E-state index in [1.165, 1.54) is 11.1 Å². The maximum atomic E-state index is 4.55. The second kappa shape index (κ2) is 3.85. The number of likely N-dealkylation sites (N-methyl/N-ethyl adjacent to an activating group) is 1. The highest BCUT2D eigenvalue weighted by Gasteiger charge is 2.21. The molecule has 1 aromatic carbocycles. The summed E-state index contributed by atoms with van der Waals surface area (Å²) in [4.78, 5) is 6.66. The lowest BCUT2D eigenvalue weighted by molar-refractivity contribution is 1.08. The first kappa shape index (κ1) is 11.8. The van der Waals surface area contributed by atoms with E-state index >= 15 is 0 Å². The first-order chi connectivity index (χ1) is 8.97. The predicted molar refractivity (Wildman–Crippen MR) is 82.6 cm³/mol. The van der Waals surface area contributed by atoms with Crippen molar-refractivity contribution in [2.75, 3.05) is 11.9 Å². The molecule has 0 unspecified atom stereocenters. The van der Waals surface area contributed by atoms with Crippen LogP contribution < -0.4 is 10.2 Å². The van der Waals surface area contributed by atoms with Gasteiger partial charge in [0, 0.05) is 35.3 Å². The van der Waals surface area contributed by atoms with Crippen molar-refractivity contribution in [3.8, 4) is 0 Å². The van der Waals surface area contributed by atoms with Crippen LogP contribution in [-0.2, 0) is 0 Å². The lowest BCUT2D eigenvalue weighted by atomic mass is 9.97. The highest BCUT2D eigenvalue weighted by Crippen LogP contribution is 2.39. The number of anilines is 1. The van der Waals surface area contributed by atoms with E-state index in [4.69, 9.17) is 0 Å². The molecule has 19 heavy (non-hydrogen) atoms. The summed E-state index contributed by atoms with van der Waals surface area (Å²) in [5, 5.41) is 3.18. The van der Waals surface area contributed by atoms with Crippen molar-refractivity contribution >= 4 is 29.0 Å². The van der Waals surface area contributed by atoms with E-state index in [-0.39, 0.29) is 0 Å². The van der Waals surface area contributed by atoms with Crippen LogP contribution in [0.2, 0.25) is 0 Å². The summed E-state index contributed by atoms with van der Waals surface area (Å²) in [6, 6.07) is 4.25. The summed E-state index contributed by atoms with van der Waals surface area (Å²) in [6.45, 7) is 12.2. The normalized spacial score (nSPS) is 17.3. The van der Waals surface area contributed by atoms with Crippen LogP contribution in [0.5, 0.6) is 0 Å². The fourth-order valence-corrected chi connectivity index (χ4v) is 2.55. The van der Waals surface area contributed by atoms with Crippen LogP contribution in [0, 0.1) is 0 Å². The largest absolute Gasteiger partial charge is 0.344 e. The fraction of sp³-hybridized carbons (Fsp3) is 0.188. The molecular formula is C16H17N3. The number of fused-ring (bicyclic) bond motifs is 2. The second-order valence-corrected chi connectivity index (χ2v) is 5.06. The molecule has 96 valence electrons. The lowest BCUT2D eigenvalue weighted by Crippen LogP contribution is -2.23. The van der Waals surface area contributed by atoms with E-state index in [2.05, 4.69) is 53.5 Å². The Morgan fingerprint density at radius 1 is 1.21 bits per heavy atom. The molecule has 3 nitrogen and oxygen atoms in total. The molecule has 3 rings (SSSR count). The molecule has 0 fully saturated rings. The summed E-state index contributed by atoms with van der Waals surface area (Å²) < 4.78 is 0. The molecule has 2 aliphatic rings. The molecular weight excluding hydrogens is 234 g/mol. The molecule has 0 atom stereocenters. The highest BCUT2D eigenvalue weighted by molar-refractivity contribution is 5.98. The number of aliphatic imine (C=N–C) groups is 1. The van der Waals surface area contributed by atoms with Crippen molar-refractivity contribution < 1.29 is 0 Å². The number of nitrogens with zero attached hydrogens (tertiary/aromatic N) is 2. The van der Waals surface area contributed by atoms with Crippen LogP contribution in [0.25, 0.3) is 11.8 Å². The van der Waals surface area contributed by atoms with Gasteiger partial charge in [0.1, 0.15) is 5.84 Å². The third kappa shape index (κ3) is 1.70. The van der Waals surface area contributed by atoms with Crippen molar-refractivity contribution in [3.05, 3.63) is 47.7 Å². The zero-order chi connectivity index (χ0) is 13.7. The maximum absolute atomic E-state index is 4.55. The van der Waals surface area contributed by atoms with Crippen molar-refractivity contribution in [1.29, 1.82) is 0 Å². The summed E-state index contributed by atoms with van der Waals surface area (Å²) in [6.07, 6.45) is 2.16. The monoisotopic (exact) mass is 251 g/mol. The first-order valence-electron chi connectivity index (χ1n) is 6.28. The molecule has 0 bridgehead atoms. The average molecular weight is 251 g/mol. The van der Waals surface area contributed by atoms with Crippen LogP contribution in [-0.4, -0.2) is 12.9 Å². The Bertz CT molecular complexity index is 677. The topological polar surface area (TPSA) is 27.6 Å². The third-order valence-electron chi connectivity index (χ3n) is 3.68. The summed E-state index contributed by atoms with van der Waals surface area (Å²) in [5.41, 5.74) is 7.46. The Hall–Kier alpha value is -2.29. The molecule has 2 aliphatic heterocycles. The van der Waals surface area contributed by atoms with Crippen molar-refractivity contribution in [2.24, 2.45) is 4.99 Å². The van der Waals surface area contributed by atoms with E-state index in [1.54, 1.807) is 0 Å². The predicted octanol–water partition coefficient (Wildman–Crippen LogP) is 3.68. The molecule has 0 amide bonds. The van der Waals surface area contributed by atoms with Gasteiger partial charge >= 0.3 is 0 Å². The van der Waals surface area contributed by atoms with Gasteiger partial charge in [-0.3, -0.25) is 0 Å². The Balaban J connectivity index is 2.26. The maximum Gasteiger partial charge on any atom is 0.103 e. The smallest absolute Gasteiger partial charge is 0.103 e. The third-order valence-corrected chi connectivity index (χ3v) is 3.68. The molecule has 0 spiro atoms. The van der Waals surface area contributed by atoms with Crippen molar-refractivity contribution in [1.82, 2.24) is 5.32 Å². The van der Waals surface area contributed by atoms with Gasteiger partial charge in [-0.1, -0.05) is 13.2 Å². The first-order valence-corrected chi connectivity index (χ1v) is 6.28. The van der Waals surface area contributed by atoms with Gasteiger partial charge in [0.25, 0.3) is 0 Å². The van der Waals surface area contributed by atoms with E-state index in [0.29, 0.717) is 0 Å². The molecule has 3 heteroatoms. The SMILES string of the molecule is C=C1NC(C)=Nc2cc3c(cc21)N(C)C(=C)C(C)=C3. The Morgan fingerprint density at radius 3 is 2.68 bits per heavy atom. The summed E-state index contributed by atoms with van der Waals surface area (Å²) in [7, 11) is 2.04. The average Bonchev–Trinajstić information content (AvgIpc) is 2.34. The highest BCUT2D eigenvalue weighted by atomic mass is 15.1. The van der Waals surface area contributed by atoms with E-state index in [9.17, 15) is 0 Å². The quantitative estimate of drug-likeness (QED) is 0.761. The Labute approximate surface area is 113 Å². The van der Waals surface area contributed by atoms with Crippen molar-refractivity contribution in [2.45, 2.75) is 13.8 Å². The summed E-state index contributed by atoms with van der Waals surface area (Å²) in [5.74, 6) is 0.881. The second-order valence-electron chi connectivity index (χ2n) is 5.06. The number of rotatable bonds is 0. The van der Waals surface area contributed by atoms with Crippen LogP contribution in [0.15, 0.2) is 41.6 Å². The standard InChI is InChI=1S/C16H17N3/c1-9-6-13-7-15-14(10(2)17-12(4)18-15)8-16(13)19(5)11(9)3/h6-8H,2-3H2,1,4-5H3,(H,17,18). The number of benzene rings is 1. The Kier molecular flexibility index (Phi) is 2.39. The van der Waals surface area contributed by atoms with E-state index in [1.807, 2.05) is 14.0 Å². The number of hydrogen-bond donors (Lipinski definition) is 1. The molecule has 2 heterocycles. The van der Waals surface area contributed by atoms with Crippen LogP contribution in [0.4, 0.5) is 11.4 Å². The van der Waals surface area contributed by atoms with Gasteiger partial charge in [-0.15, -0.1) is 0 Å².